The molecule has 15 heavy (non-hydrogen) atoms. The van der Waals surface area contributed by atoms with E-state index in [0.717, 1.165) is 12.1 Å². The molecule has 1 aromatic carbocycles. The third-order valence-electron chi connectivity index (χ3n) is 1.82. The van der Waals surface area contributed by atoms with Crippen LogP contribution in [0.15, 0.2) is 12.1 Å². The Hall–Kier alpha value is -1.85. The highest BCUT2D eigenvalue weighted by molar-refractivity contribution is 5.50. The lowest BCUT2D eigenvalue weighted by Crippen LogP contribution is -1.98. The van der Waals surface area contributed by atoms with Crippen LogP contribution in [0.1, 0.15) is 12.0 Å². The molecule has 0 bridgehead atoms. The Bertz CT molecular complexity index is 407. The highest BCUT2D eigenvalue weighted by Crippen LogP contribution is 2.22. The van der Waals surface area contributed by atoms with E-state index >= 15 is 0 Å². The lowest BCUT2D eigenvalue weighted by Gasteiger charge is -2.00. The number of hydrogen-bond acceptors (Lipinski definition) is 3. The van der Waals surface area contributed by atoms with E-state index in [1.54, 1.807) is 0 Å². The molecule has 0 radical (unpaired) electrons. The van der Waals surface area contributed by atoms with Gasteiger partial charge < -0.3 is 4.79 Å². The third-order valence-corrected chi connectivity index (χ3v) is 1.82. The Morgan fingerprint density at radius 2 is 2.07 bits per heavy atom. The Labute approximate surface area is 83.7 Å². The Morgan fingerprint density at radius 3 is 2.60 bits per heavy atom. The zero-order valence-electron chi connectivity index (χ0n) is 7.57. The van der Waals surface area contributed by atoms with Crippen LogP contribution in [-0.2, 0) is 11.2 Å². The van der Waals surface area contributed by atoms with Crippen LogP contribution >= 0.6 is 0 Å². The molecule has 0 atom stereocenters. The van der Waals surface area contributed by atoms with E-state index < -0.39 is 22.2 Å². The first-order valence-electron chi connectivity index (χ1n) is 4.12. The van der Waals surface area contributed by atoms with Crippen molar-refractivity contribution in [3.63, 3.8) is 0 Å². The fourth-order valence-corrected chi connectivity index (χ4v) is 1.13. The maximum Gasteiger partial charge on any atom is 0.308 e. The van der Waals surface area contributed by atoms with Gasteiger partial charge >= 0.3 is 5.69 Å². The number of benzene rings is 1. The zero-order chi connectivity index (χ0) is 11.4. The summed E-state index contributed by atoms with van der Waals surface area (Å²) in [5, 5.41) is 10.3. The lowest BCUT2D eigenvalue weighted by atomic mass is 10.1. The molecule has 0 aromatic heterocycles. The lowest BCUT2D eigenvalue weighted by molar-refractivity contribution is -0.387. The zero-order valence-corrected chi connectivity index (χ0v) is 7.57. The van der Waals surface area contributed by atoms with E-state index in [-0.39, 0.29) is 18.4 Å². The molecule has 1 rings (SSSR count). The summed E-state index contributed by atoms with van der Waals surface area (Å²) in [6.45, 7) is 0. The smallest absolute Gasteiger partial charge is 0.303 e. The van der Waals surface area contributed by atoms with Gasteiger partial charge in [-0.15, -0.1) is 0 Å². The fraction of sp³-hybridized carbons (Fsp3) is 0.222. The molecule has 0 fully saturated rings. The molecule has 0 heterocycles. The summed E-state index contributed by atoms with van der Waals surface area (Å²) in [6, 6.07) is 1.79. The predicted molar refractivity (Wildman–Crippen MR) is 47.4 cm³/mol. The van der Waals surface area contributed by atoms with Crippen molar-refractivity contribution in [1.29, 1.82) is 0 Å². The van der Waals surface area contributed by atoms with Crippen LogP contribution in [0.5, 0.6) is 0 Å². The molecule has 0 spiro atoms. The van der Waals surface area contributed by atoms with Crippen LogP contribution in [0.2, 0.25) is 0 Å². The van der Waals surface area contributed by atoms with Crippen LogP contribution in [0.4, 0.5) is 14.5 Å². The molecule has 0 saturated carbocycles. The monoisotopic (exact) mass is 215 g/mol. The van der Waals surface area contributed by atoms with Crippen LogP contribution in [0.3, 0.4) is 0 Å². The summed E-state index contributed by atoms with van der Waals surface area (Å²) >= 11 is 0. The van der Waals surface area contributed by atoms with Crippen LogP contribution in [0.25, 0.3) is 0 Å². The minimum absolute atomic E-state index is 0.113. The van der Waals surface area contributed by atoms with Gasteiger partial charge in [-0.2, -0.15) is 4.39 Å². The average Bonchev–Trinajstić information content (AvgIpc) is 2.19. The Morgan fingerprint density at radius 1 is 1.40 bits per heavy atom. The van der Waals surface area contributed by atoms with Gasteiger partial charge in [-0.05, 0) is 18.1 Å². The Kier molecular flexibility index (Phi) is 3.43. The van der Waals surface area contributed by atoms with Gasteiger partial charge in [0.05, 0.1) is 4.92 Å². The van der Waals surface area contributed by atoms with E-state index in [0.29, 0.717) is 6.29 Å². The number of aldehydes is 1. The molecule has 6 heteroatoms. The van der Waals surface area contributed by atoms with Gasteiger partial charge in [0.1, 0.15) is 6.29 Å². The summed E-state index contributed by atoms with van der Waals surface area (Å²) in [4.78, 5) is 19.4. The van der Waals surface area contributed by atoms with E-state index in [4.69, 9.17) is 0 Å². The molecule has 0 aliphatic carbocycles. The first-order valence-corrected chi connectivity index (χ1v) is 4.12. The van der Waals surface area contributed by atoms with E-state index in [9.17, 15) is 23.7 Å². The fourth-order valence-electron chi connectivity index (χ4n) is 1.13. The van der Waals surface area contributed by atoms with Gasteiger partial charge in [-0.3, -0.25) is 10.1 Å². The molecular weight excluding hydrogens is 208 g/mol. The summed E-state index contributed by atoms with van der Waals surface area (Å²) in [5.74, 6) is -2.75. The van der Waals surface area contributed by atoms with E-state index in [1.165, 1.54) is 0 Å². The summed E-state index contributed by atoms with van der Waals surface area (Å²) in [7, 11) is 0. The Balaban J connectivity index is 3.11. The molecule has 0 aliphatic heterocycles. The van der Waals surface area contributed by atoms with E-state index in [1.807, 2.05) is 0 Å². The largest absolute Gasteiger partial charge is 0.308 e. The van der Waals surface area contributed by atoms with Crippen LogP contribution in [-0.4, -0.2) is 11.2 Å². The normalized spacial score (nSPS) is 10.0. The second-order valence-corrected chi connectivity index (χ2v) is 2.87. The molecular formula is C9H7F2NO3. The molecule has 0 unspecified atom stereocenters. The molecule has 0 aliphatic rings. The van der Waals surface area contributed by atoms with Crippen molar-refractivity contribution in [2.45, 2.75) is 12.8 Å². The number of hydrogen-bond donors (Lipinski definition) is 0. The van der Waals surface area contributed by atoms with Crippen molar-refractivity contribution < 1.29 is 18.5 Å². The van der Waals surface area contributed by atoms with Gasteiger partial charge in [0, 0.05) is 12.5 Å². The highest BCUT2D eigenvalue weighted by Gasteiger charge is 2.19. The number of nitro benzene ring substituents is 1. The van der Waals surface area contributed by atoms with Gasteiger partial charge in [-0.25, -0.2) is 4.39 Å². The molecule has 80 valence electrons. The van der Waals surface area contributed by atoms with Crippen molar-refractivity contribution in [2.24, 2.45) is 0 Å². The van der Waals surface area contributed by atoms with Crippen molar-refractivity contribution in [3.8, 4) is 0 Å². The number of nitrogens with zero attached hydrogens (tertiary/aromatic N) is 1. The maximum absolute atomic E-state index is 12.9. The highest BCUT2D eigenvalue weighted by atomic mass is 19.2. The summed E-state index contributed by atoms with van der Waals surface area (Å²) < 4.78 is 25.7. The second kappa shape index (κ2) is 4.59. The minimum Gasteiger partial charge on any atom is -0.303 e. The standard InChI is InChI=1S/C9H7F2NO3/c10-7-4-6(2-1-3-13)5-8(9(7)11)12(14)15/h3-5H,1-2H2. The molecule has 1 aromatic rings. The number of halogens is 2. The first-order chi connectivity index (χ1) is 7.06. The quantitative estimate of drug-likeness (QED) is 0.438. The number of aryl methyl sites for hydroxylation is 1. The van der Waals surface area contributed by atoms with Crippen molar-refractivity contribution in [2.75, 3.05) is 0 Å². The number of carbonyl (C=O) groups is 1. The topological polar surface area (TPSA) is 60.2 Å². The van der Waals surface area contributed by atoms with Gasteiger partial charge in [0.15, 0.2) is 5.82 Å². The SMILES string of the molecule is O=CCCc1cc(F)c(F)c([N+](=O)[O-])c1. The third kappa shape index (κ3) is 2.55. The van der Waals surface area contributed by atoms with Crippen LogP contribution in [0, 0.1) is 21.7 Å². The molecule has 0 N–H and O–H groups in total. The second-order valence-electron chi connectivity index (χ2n) is 2.87. The maximum atomic E-state index is 12.9. The van der Waals surface area contributed by atoms with Crippen LogP contribution < -0.4 is 0 Å². The summed E-state index contributed by atoms with van der Waals surface area (Å²) in [5.41, 5.74) is -0.677. The first kappa shape index (κ1) is 11.2. The molecule has 4 nitrogen and oxygen atoms in total. The van der Waals surface area contributed by atoms with Gasteiger partial charge in [-0.1, -0.05) is 0 Å². The molecule has 0 amide bonds. The predicted octanol–water partition coefficient (Wildman–Crippen LogP) is 2.00. The van der Waals surface area contributed by atoms with Gasteiger partial charge in [0.2, 0.25) is 5.82 Å². The van der Waals surface area contributed by atoms with Crippen molar-refractivity contribution in [3.05, 3.63) is 39.4 Å². The number of nitro groups is 1. The van der Waals surface area contributed by atoms with E-state index in [2.05, 4.69) is 0 Å². The van der Waals surface area contributed by atoms with Gasteiger partial charge in [0.25, 0.3) is 0 Å². The van der Waals surface area contributed by atoms with Crippen molar-refractivity contribution in [1.82, 2.24) is 0 Å². The number of carbonyl (C=O) groups excluding carboxylic acids is 1. The van der Waals surface area contributed by atoms with Crippen molar-refractivity contribution >= 4 is 12.0 Å². The average molecular weight is 215 g/mol. The minimum atomic E-state index is -1.48. The molecule has 0 saturated heterocycles. The summed E-state index contributed by atoms with van der Waals surface area (Å²) in [6.07, 6.45) is 0.872. The number of rotatable bonds is 4.